The van der Waals surface area contributed by atoms with Crippen molar-refractivity contribution in [2.24, 2.45) is 0 Å². The fourth-order valence-electron chi connectivity index (χ4n) is 1.31. The van der Waals surface area contributed by atoms with Crippen molar-refractivity contribution in [3.8, 4) is 11.6 Å². The Balaban J connectivity index is 2.22. The zero-order valence-electron chi connectivity index (χ0n) is 9.22. The maximum Gasteiger partial charge on any atom is 0.238 e. The number of nitrogens with zero attached hydrogens (tertiary/aromatic N) is 2. The quantitative estimate of drug-likeness (QED) is 0.910. The van der Waals surface area contributed by atoms with E-state index in [1.165, 1.54) is 12.4 Å². The van der Waals surface area contributed by atoms with E-state index in [9.17, 15) is 0 Å². The van der Waals surface area contributed by atoms with E-state index in [0.29, 0.717) is 22.3 Å². The third-order valence-corrected chi connectivity index (χ3v) is 2.60. The summed E-state index contributed by atoms with van der Waals surface area (Å²) >= 11 is 5.91. The van der Waals surface area contributed by atoms with Crippen LogP contribution in [0.5, 0.6) is 11.6 Å². The Kier molecular flexibility index (Phi) is 3.56. The number of aliphatic hydroxyl groups excluding tert-OH is 1. The molecule has 0 saturated carbocycles. The molecule has 1 heterocycles. The zero-order valence-corrected chi connectivity index (χ0v) is 9.98. The second-order valence-electron chi connectivity index (χ2n) is 3.52. The third kappa shape index (κ3) is 2.93. The number of benzene rings is 1. The van der Waals surface area contributed by atoms with Crippen LogP contribution in [0.3, 0.4) is 0 Å². The number of hydrogen-bond acceptors (Lipinski definition) is 4. The summed E-state index contributed by atoms with van der Waals surface area (Å²) < 4.78 is 5.51. The van der Waals surface area contributed by atoms with Crippen molar-refractivity contribution in [3.05, 3.63) is 46.9 Å². The second-order valence-corrected chi connectivity index (χ2v) is 3.93. The van der Waals surface area contributed by atoms with Gasteiger partial charge in [-0.3, -0.25) is 4.98 Å². The van der Waals surface area contributed by atoms with Crippen LogP contribution >= 0.6 is 11.6 Å². The lowest BCUT2D eigenvalue weighted by Crippen LogP contribution is -1.95. The Morgan fingerprint density at radius 1 is 1.35 bits per heavy atom. The monoisotopic (exact) mass is 250 g/mol. The lowest BCUT2D eigenvalue weighted by Gasteiger charge is -2.06. The Bertz CT molecular complexity index is 532. The number of aliphatic hydroxyl groups is 1. The van der Waals surface area contributed by atoms with E-state index in [4.69, 9.17) is 21.4 Å². The number of rotatable bonds is 3. The molecule has 1 aromatic heterocycles. The van der Waals surface area contributed by atoms with E-state index in [1.807, 2.05) is 13.0 Å². The normalized spacial score (nSPS) is 10.3. The van der Waals surface area contributed by atoms with Gasteiger partial charge in [-0.15, -0.1) is 0 Å². The smallest absolute Gasteiger partial charge is 0.238 e. The van der Waals surface area contributed by atoms with Crippen molar-refractivity contribution in [3.63, 3.8) is 0 Å². The van der Waals surface area contributed by atoms with E-state index < -0.39 is 0 Å². The molecule has 2 aromatic rings. The van der Waals surface area contributed by atoms with Crippen LogP contribution in [0.15, 0.2) is 30.6 Å². The van der Waals surface area contributed by atoms with Gasteiger partial charge in [-0.25, -0.2) is 4.98 Å². The van der Waals surface area contributed by atoms with Gasteiger partial charge in [0.25, 0.3) is 0 Å². The van der Waals surface area contributed by atoms with Gasteiger partial charge in [-0.05, 0) is 30.7 Å². The van der Waals surface area contributed by atoms with Crippen LogP contribution in [0.1, 0.15) is 11.3 Å². The van der Waals surface area contributed by atoms with Gasteiger partial charge in [-0.2, -0.15) is 0 Å². The second kappa shape index (κ2) is 5.12. The first-order valence-corrected chi connectivity index (χ1v) is 5.42. The summed E-state index contributed by atoms with van der Waals surface area (Å²) in [5, 5.41) is 9.62. The molecule has 0 atom stereocenters. The predicted octanol–water partition coefficient (Wildman–Crippen LogP) is 2.72. The van der Waals surface area contributed by atoms with Crippen molar-refractivity contribution >= 4 is 11.6 Å². The molecule has 0 aliphatic carbocycles. The van der Waals surface area contributed by atoms with Crippen molar-refractivity contribution in [2.45, 2.75) is 13.5 Å². The van der Waals surface area contributed by atoms with E-state index in [-0.39, 0.29) is 6.61 Å². The van der Waals surface area contributed by atoms with Gasteiger partial charge in [-0.1, -0.05) is 11.6 Å². The first-order valence-electron chi connectivity index (χ1n) is 5.05. The van der Waals surface area contributed by atoms with E-state index >= 15 is 0 Å². The maximum atomic E-state index is 8.93. The van der Waals surface area contributed by atoms with E-state index in [1.54, 1.807) is 12.1 Å². The van der Waals surface area contributed by atoms with Gasteiger partial charge in [0.15, 0.2) is 0 Å². The van der Waals surface area contributed by atoms with Crippen LogP contribution in [0.2, 0.25) is 5.02 Å². The summed E-state index contributed by atoms with van der Waals surface area (Å²) in [6.07, 6.45) is 2.98. The van der Waals surface area contributed by atoms with Crippen LogP contribution < -0.4 is 4.74 Å². The standard InChI is InChI=1S/C12H11ClN2O2/c1-8-4-10(2-3-11(8)13)17-12-6-14-5-9(7-16)15-12/h2-6,16H,7H2,1H3. The molecule has 0 aliphatic heterocycles. The number of ether oxygens (including phenoxy) is 1. The molecule has 0 unspecified atom stereocenters. The summed E-state index contributed by atoms with van der Waals surface area (Å²) in [4.78, 5) is 7.99. The highest BCUT2D eigenvalue weighted by Gasteiger charge is 2.03. The molecular weight excluding hydrogens is 240 g/mol. The molecule has 0 fully saturated rings. The first-order chi connectivity index (χ1) is 8.19. The van der Waals surface area contributed by atoms with Gasteiger partial charge < -0.3 is 9.84 Å². The molecule has 17 heavy (non-hydrogen) atoms. The Hall–Kier alpha value is -1.65. The topological polar surface area (TPSA) is 55.2 Å². The fraction of sp³-hybridized carbons (Fsp3) is 0.167. The molecule has 0 aliphatic rings. The summed E-state index contributed by atoms with van der Waals surface area (Å²) in [6.45, 7) is 1.73. The van der Waals surface area contributed by atoms with Crippen molar-refractivity contribution < 1.29 is 9.84 Å². The summed E-state index contributed by atoms with van der Waals surface area (Å²) in [5.74, 6) is 0.981. The highest BCUT2D eigenvalue weighted by molar-refractivity contribution is 6.31. The van der Waals surface area contributed by atoms with Crippen LogP contribution in [0, 0.1) is 6.92 Å². The molecule has 0 bridgehead atoms. The van der Waals surface area contributed by atoms with Gasteiger partial charge in [0.05, 0.1) is 24.7 Å². The molecule has 1 N–H and O–H groups in total. The largest absolute Gasteiger partial charge is 0.437 e. The van der Waals surface area contributed by atoms with Crippen LogP contribution in [-0.4, -0.2) is 15.1 Å². The van der Waals surface area contributed by atoms with Gasteiger partial charge in [0.1, 0.15) is 5.75 Å². The average Bonchev–Trinajstić information content (AvgIpc) is 2.34. The molecule has 0 spiro atoms. The molecule has 88 valence electrons. The summed E-state index contributed by atoms with van der Waals surface area (Å²) in [6, 6.07) is 5.33. The fourth-order valence-corrected chi connectivity index (χ4v) is 1.43. The van der Waals surface area contributed by atoms with Crippen molar-refractivity contribution in [1.82, 2.24) is 9.97 Å². The molecule has 0 amide bonds. The lowest BCUT2D eigenvalue weighted by molar-refractivity contribution is 0.274. The number of aryl methyl sites for hydroxylation is 1. The zero-order chi connectivity index (χ0) is 12.3. The average molecular weight is 251 g/mol. The molecule has 5 heteroatoms. The van der Waals surface area contributed by atoms with Crippen LogP contribution in [0.25, 0.3) is 0 Å². The molecule has 1 aromatic carbocycles. The third-order valence-electron chi connectivity index (χ3n) is 2.18. The van der Waals surface area contributed by atoms with Gasteiger partial charge >= 0.3 is 0 Å². The van der Waals surface area contributed by atoms with Crippen molar-refractivity contribution in [1.29, 1.82) is 0 Å². The molecule has 2 rings (SSSR count). The number of aromatic nitrogens is 2. The minimum Gasteiger partial charge on any atom is -0.437 e. The van der Waals surface area contributed by atoms with Gasteiger partial charge in [0, 0.05) is 5.02 Å². The molecular formula is C12H11ClN2O2. The minimum atomic E-state index is -0.163. The Morgan fingerprint density at radius 2 is 2.18 bits per heavy atom. The summed E-state index contributed by atoms with van der Waals surface area (Å²) in [5.41, 5.74) is 1.39. The number of halogens is 1. The highest BCUT2D eigenvalue weighted by atomic mass is 35.5. The van der Waals surface area contributed by atoms with E-state index in [0.717, 1.165) is 5.56 Å². The van der Waals surface area contributed by atoms with Crippen LogP contribution in [0.4, 0.5) is 0 Å². The highest BCUT2D eigenvalue weighted by Crippen LogP contribution is 2.24. The minimum absolute atomic E-state index is 0.163. The predicted molar refractivity (Wildman–Crippen MR) is 64.2 cm³/mol. The first kappa shape index (κ1) is 11.8. The Labute approximate surface area is 104 Å². The number of hydrogen-bond donors (Lipinski definition) is 1. The molecule has 0 saturated heterocycles. The SMILES string of the molecule is Cc1cc(Oc2cncc(CO)n2)ccc1Cl. The summed E-state index contributed by atoms with van der Waals surface area (Å²) in [7, 11) is 0. The van der Waals surface area contributed by atoms with E-state index in [2.05, 4.69) is 9.97 Å². The molecule has 0 radical (unpaired) electrons. The van der Waals surface area contributed by atoms with Crippen LogP contribution in [-0.2, 0) is 6.61 Å². The lowest BCUT2D eigenvalue weighted by atomic mass is 10.2. The maximum absolute atomic E-state index is 8.93. The molecule has 4 nitrogen and oxygen atoms in total. The van der Waals surface area contributed by atoms with Gasteiger partial charge in [0.2, 0.25) is 5.88 Å². The van der Waals surface area contributed by atoms with Crippen molar-refractivity contribution in [2.75, 3.05) is 0 Å². The Morgan fingerprint density at radius 3 is 2.88 bits per heavy atom.